The quantitative estimate of drug-likeness (QED) is 0.125. The average molecular weight is 383 g/mol. The van der Waals surface area contributed by atoms with Crippen LogP contribution in [0.25, 0.3) is 0 Å². The largest absolute Gasteiger partial charge is 0.459 e. The predicted molar refractivity (Wildman–Crippen MR) is 116 cm³/mol. The third kappa shape index (κ3) is 18.3. The molecule has 0 amide bonds. The van der Waals surface area contributed by atoms with Gasteiger partial charge in [-0.25, -0.2) is 4.79 Å². The minimum absolute atomic E-state index is 0.0608. The van der Waals surface area contributed by atoms with Crippen molar-refractivity contribution in [1.82, 2.24) is 0 Å². The fraction of sp³-hybridized carbons (Fsp3) is 0.875. The number of hydrogen-bond acceptors (Lipinski definition) is 3. The topological polar surface area (TPSA) is 35.5 Å². The highest BCUT2D eigenvalue weighted by Crippen LogP contribution is 2.17. The molecule has 0 spiro atoms. The zero-order valence-corrected chi connectivity index (χ0v) is 18.5. The van der Waals surface area contributed by atoms with Crippen LogP contribution in [0.15, 0.2) is 12.2 Å². The summed E-state index contributed by atoms with van der Waals surface area (Å²) in [5.74, 6) is -0.229. The van der Waals surface area contributed by atoms with Crippen LogP contribution in [0.4, 0.5) is 0 Å². The molecule has 160 valence electrons. The van der Waals surface area contributed by atoms with Crippen molar-refractivity contribution in [2.24, 2.45) is 0 Å². The van der Waals surface area contributed by atoms with E-state index in [9.17, 15) is 4.79 Å². The standard InChI is InChI=1S/C24H46O3/c1-5-7-8-9-10-11-12-13-16-19-23(27-24(25)22(3)4)20-17-14-15-18-21-26-6-2/h23H,3,5-21H2,1-2,4H3. The predicted octanol–water partition coefficient (Wildman–Crippen LogP) is 7.38. The summed E-state index contributed by atoms with van der Waals surface area (Å²) < 4.78 is 11.0. The maximum atomic E-state index is 11.9. The maximum absolute atomic E-state index is 11.9. The second kappa shape index (κ2) is 19.9. The van der Waals surface area contributed by atoms with E-state index in [0.29, 0.717) is 5.57 Å². The fourth-order valence-electron chi connectivity index (χ4n) is 3.27. The lowest BCUT2D eigenvalue weighted by Gasteiger charge is -2.18. The molecular formula is C24H46O3. The van der Waals surface area contributed by atoms with Gasteiger partial charge in [-0.3, -0.25) is 0 Å². The molecule has 0 aromatic rings. The average Bonchev–Trinajstić information content (AvgIpc) is 2.65. The lowest BCUT2D eigenvalue weighted by atomic mass is 10.0. The van der Waals surface area contributed by atoms with Crippen LogP contribution in [-0.2, 0) is 14.3 Å². The van der Waals surface area contributed by atoms with Crippen molar-refractivity contribution < 1.29 is 14.3 Å². The van der Waals surface area contributed by atoms with Crippen molar-refractivity contribution in [3.05, 3.63) is 12.2 Å². The number of rotatable bonds is 20. The Kier molecular flexibility index (Phi) is 19.3. The molecule has 3 nitrogen and oxygen atoms in total. The Labute approximate surface area is 169 Å². The normalized spacial score (nSPS) is 12.1. The first-order valence-corrected chi connectivity index (χ1v) is 11.6. The molecule has 0 fully saturated rings. The van der Waals surface area contributed by atoms with Gasteiger partial charge in [-0.1, -0.05) is 77.7 Å². The van der Waals surface area contributed by atoms with E-state index < -0.39 is 0 Å². The van der Waals surface area contributed by atoms with Crippen molar-refractivity contribution in [3.8, 4) is 0 Å². The van der Waals surface area contributed by atoms with Gasteiger partial charge in [0.15, 0.2) is 0 Å². The molecule has 0 aliphatic rings. The molecule has 0 saturated heterocycles. The Morgan fingerprint density at radius 3 is 1.74 bits per heavy atom. The summed E-state index contributed by atoms with van der Waals surface area (Å²) in [7, 11) is 0. The number of carbonyl (C=O) groups excluding carboxylic acids is 1. The monoisotopic (exact) mass is 382 g/mol. The number of carbonyl (C=O) groups is 1. The van der Waals surface area contributed by atoms with E-state index in [2.05, 4.69) is 13.5 Å². The zero-order valence-electron chi connectivity index (χ0n) is 18.5. The molecule has 0 aliphatic carbocycles. The van der Waals surface area contributed by atoms with Gasteiger partial charge in [-0.15, -0.1) is 0 Å². The van der Waals surface area contributed by atoms with Crippen LogP contribution in [0.2, 0.25) is 0 Å². The minimum atomic E-state index is -0.229. The first kappa shape index (κ1) is 26.2. The number of hydrogen-bond donors (Lipinski definition) is 0. The number of esters is 1. The van der Waals surface area contributed by atoms with E-state index in [-0.39, 0.29) is 12.1 Å². The highest BCUT2D eigenvalue weighted by atomic mass is 16.5. The molecule has 27 heavy (non-hydrogen) atoms. The summed E-state index contributed by atoms with van der Waals surface area (Å²) in [6.45, 7) is 11.4. The first-order chi connectivity index (χ1) is 13.1. The Balaban J connectivity index is 3.86. The summed E-state index contributed by atoms with van der Waals surface area (Å²) >= 11 is 0. The lowest BCUT2D eigenvalue weighted by Crippen LogP contribution is -2.18. The summed E-state index contributed by atoms with van der Waals surface area (Å²) in [5.41, 5.74) is 0.504. The highest BCUT2D eigenvalue weighted by molar-refractivity contribution is 5.87. The van der Waals surface area contributed by atoms with E-state index in [4.69, 9.17) is 9.47 Å². The van der Waals surface area contributed by atoms with Crippen LogP contribution in [0.5, 0.6) is 0 Å². The van der Waals surface area contributed by atoms with Crippen LogP contribution < -0.4 is 0 Å². The van der Waals surface area contributed by atoms with Gasteiger partial charge in [0.25, 0.3) is 0 Å². The van der Waals surface area contributed by atoms with Gasteiger partial charge in [-0.05, 0) is 46.0 Å². The Morgan fingerprint density at radius 1 is 0.778 bits per heavy atom. The molecular weight excluding hydrogens is 336 g/mol. The van der Waals surface area contributed by atoms with Crippen molar-refractivity contribution in [2.75, 3.05) is 13.2 Å². The zero-order chi connectivity index (χ0) is 20.2. The van der Waals surface area contributed by atoms with E-state index >= 15 is 0 Å². The fourth-order valence-corrected chi connectivity index (χ4v) is 3.27. The Morgan fingerprint density at radius 2 is 1.26 bits per heavy atom. The van der Waals surface area contributed by atoms with Crippen molar-refractivity contribution in [2.45, 2.75) is 123 Å². The van der Waals surface area contributed by atoms with Crippen LogP contribution in [0.3, 0.4) is 0 Å². The maximum Gasteiger partial charge on any atom is 0.333 e. The van der Waals surface area contributed by atoms with Crippen LogP contribution in [0.1, 0.15) is 117 Å². The van der Waals surface area contributed by atoms with E-state index in [1.54, 1.807) is 6.92 Å². The second-order valence-electron chi connectivity index (χ2n) is 7.82. The molecule has 0 aromatic carbocycles. The molecule has 0 aliphatic heterocycles. The number of ether oxygens (including phenoxy) is 2. The molecule has 0 bridgehead atoms. The van der Waals surface area contributed by atoms with Crippen molar-refractivity contribution in [3.63, 3.8) is 0 Å². The summed E-state index contributed by atoms with van der Waals surface area (Å²) in [4.78, 5) is 11.9. The molecule has 1 unspecified atom stereocenters. The molecule has 0 heterocycles. The van der Waals surface area contributed by atoms with Gasteiger partial charge in [0.1, 0.15) is 6.10 Å². The smallest absolute Gasteiger partial charge is 0.333 e. The van der Waals surface area contributed by atoms with E-state index in [0.717, 1.165) is 45.3 Å². The van der Waals surface area contributed by atoms with Crippen molar-refractivity contribution in [1.29, 1.82) is 0 Å². The molecule has 0 radical (unpaired) electrons. The third-order valence-corrected chi connectivity index (χ3v) is 5.02. The van der Waals surface area contributed by atoms with Gasteiger partial charge >= 0.3 is 5.97 Å². The summed E-state index contributed by atoms with van der Waals surface area (Å²) in [6, 6.07) is 0. The molecule has 0 N–H and O–H groups in total. The Hall–Kier alpha value is -0.830. The molecule has 0 aromatic heterocycles. The van der Waals surface area contributed by atoms with Gasteiger partial charge < -0.3 is 9.47 Å². The lowest BCUT2D eigenvalue weighted by molar-refractivity contribution is -0.145. The van der Waals surface area contributed by atoms with Crippen LogP contribution in [-0.4, -0.2) is 25.3 Å². The third-order valence-electron chi connectivity index (χ3n) is 5.02. The Bertz CT molecular complexity index is 352. The number of unbranched alkanes of at least 4 members (excludes halogenated alkanes) is 11. The van der Waals surface area contributed by atoms with Crippen LogP contribution >= 0.6 is 0 Å². The highest BCUT2D eigenvalue weighted by Gasteiger charge is 2.14. The SMILES string of the molecule is C=C(C)C(=O)OC(CCCCCCCCCCC)CCCCCCOCC. The van der Waals surface area contributed by atoms with Gasteiger partial charge in [0.05, 0.1) is 0 Å². The van der Waals surface area contributed by atoms with E-state index in [1.807, 2.05) is 6.92 Å². The molecule has 0 rings (SSSR count). The van der Waals surface area contributed by atoms with Crippen LogP contribution in [0, 0.1) is 0 Å². The molecule has 3 heteroatoms. The van der Waals surface area contributed by atoms with E-state index in [1.165, 1.54) is 64.2 Å². The minimum Gasteiger partial charge on any atom is -0.459 e. The van der Waals surface area contributed by atoms with Gasteiger partial charge in [-0.2, -0.15) is 0 Å². The first-order valence-electron chi connectivity index (χ1n) is 11.6. The summed E-state index contributed by atoms with van der Waals surface area (Å²) in [5, 5.41) is 0. The molecule has 0 saturated carbocycles. The molecule has 1 atom stereocenters. The van der Waals surface area contributed by atoms with Crippen molar-refractivity contribution >= 4 is 5.97 Å². The van der Waals surface area contributed by atoms with Gasteiger partial charge in [0, 0.05) is 18.8 Å². The second-order valence-corrected chi connectivity index (χ2v) is 7.82. The van der Waals surface area contributed by atoms with Gasteiger partial charge in [0.2, 0.25) is 0 Å². The summed E-state index contributed by atoms with van der Waals surface area (Å²) in [6.07, 6.45) is 18.6.